The number of aromatic nitrogens is 2. The molecular weight excluding hydrogens is 216 g/mol. The summed E-state index contributed by atoms with van der Waals surface area (Å²) in [4.78, 5) is 8.51. The number of hydrogen-bond acceptors (Lipinski definition) is 5. The van der Waals surface area contributed by atoms with Crippen LogP contribution < -0.4 is 10.6 Å². The Bertz CT molecular complexity index is 304. The van der Waals surface area contributed by atoms with Crippen molar-refractivity contribution >= 4 is 11.6 Å². The SMILES string of the molecule is CCCNc1ncnc(NCCO)c1CCC. The molecule has 0 bridgehead atoms. The lowest BCUT2D eigenvalue weighted by atomic mass is 10.1. The van der Waals surface area contributed by atoms with E-state index in [0.717, 1.165) is 43.0 Å². The van der Waals surface area contributed by atoms with E-state index < -0.39 is 0 Å². The number of aliphatic hydroxyl groups is 1. The van der Waals surface area contributed by atoms with Crippen LogP contribution in [0.15, 0.2) is 6.33 Å². The van der Waals surface area contributed by atoms with E-state index in [1.165, 1.54) is 0 Å². The molecule has 0 saturated carbocycles. The van der Waals surface area contributed by atoms with Crippen LogP contribution in [-0.4, -0.2) is 34.8 Å². The van der Waals surface area contributed by atoms with Crippen molar-refractivity contribution in [1.82, 2.24) is 9.97 Å². The van der Waals surface area contributed by atoms with E-state index >= 15 is 0 Å². The normalized spacial score (nSPS) is 10.3. The second-order valence-corrected chi connectivity index (χ2v) is 3.88. The fourth-order valence-electron chi connectivity index (χ4n) is 1.62. The van der Waals surface area contributed by atoms with Crippen molar-refractivity contribution < 1.29 is 5.11 Å². The van der Waals surface area contributed by atoms with Crippen LogP contribution in [0.25, 0.3) is 0 Å². The molecule has 0 spiro atoms. The Labute approximate surface area is 103 Å². The van der Waals surface area contributed by atoms with Crippen molar-refractivity contribution in [3.63, 3.8) is 0 Å². The number of rotatable bonds is 8. The lowest BCUT2D eigenvalue weighted by molar-refractivity contribution is 0.311. The van der Waals surface area contributed by atoms with Gasteiger partial charge in [0.25, 0.3) is 0 Å². The molecule has 0 aliphatic rings. The summed E-state index contributed by atoms with van der Waals surface area (Å²) in [5.74, 6) is 1.73. The molecule has 1 aromatic heterocycles. The lowest BCUT2D eigenvalue weighted by Crippen LogP contribution is -2.13. The Kier molecular flexibility index (Phi) is 6.32. The van der Waals surface area contributed by atoms with Crippen LogP contribution >= 0.6 is 0 Å². The van der Waals surface area contributed by atoms with Crippen molar-refractivity contribution in [3.8, 4) is 0 Å². The Morgan fingerprint density at radius 2 is 1.71 bits per heavy atom. The summed E-state index contributed by atoms with van der Waals surface area (Å²) in [6.07, 6.45) is 4.59. The summed E-state index contributed by atoms with van der Waals surface area (Å²) in [6, 6.07) is 0. The molecule has 17 heavy (non-hydrogen) atoms. The first-order valence-corrected chi connectivity index (χ1v) is 6.25. The van der Waals surface area contributed by atoms with Crippen LogP contribution in [0.4, 0.5) is 11.6 Å². The van der Waals surface area contributed by atoms with E-state index in [-0.39, 0.29) is 6.61 Å². The topological polar surface area (TPSA) is 70.1 Å². The number of aliphatic hydroxyl groups excluding tert-OH is 1. The summed E-state index contributed by atoms with van der Waals surface area (Å²) in [6.45, 7) is 5.78. The predicted octanol–water partition coefficient (Wildman–Crippen LogP) is 1.66. The average Bonchev–Trinajstić information content (AvgIpc) is 2.36. The second kappa shape index (κ2) is 7.84. The van der Waals surface area contributed by atoms with Gasteiger partial charge in [-0.2, -0.15) is 0 Å². The summed E-state index contributed by atoms with van der Waals surface area (Å²) < 4.78 is 0. The van der Waals surface area contributed by atoms with E-state index in [1.54, 1.807) is 6.33 Å². The van der Waals surface area contributed by atoms with Crippen LogP contribution in [0.1, 0.15) is 32.3 Å². The summed E-state index contributed by atoms with van der Waals surface area (Å²) in [5.41, 5.74) is 1.11. The van der Waals surface area contributed by atoms with E-state index in [4.69, 9.17) is 5.11 Å². The zero-order chi connectivity index (χ0) is 12.5. The number of anilines is 2. The predicted molar refractivity (Wildman–Crippen MR) is 70.4 cm³/mol. The first kappa shape index (κ1) is 13.7. The quantitative estimate of drug-likeness (QED) is 0.642. The van der Waals surface area contributed by atoms with Crippen LogP contribution in [-0.2, 0) is 6.42 Å². The molecule has 1 rings (SSSR count). The monoisotopic (exact) mass is 238 g/mol. The molecule has 0 unspecified atom stereocenters. The zero-order valence-corrected chi connectivity index (χ0v) is 10.7. The van der Waals surface area contributed by atoms with Crippen molar-refractivity contribution in [2.45, 2.75) is 33.1 Å². The highest BCUT2D eigenvalue weighted by molar-refractivity contribution is 5.57. The average molecular weight is 238 g/mol. The Balaban J connectivity index is 2.86. The molecule has 0 aliphatic heterocycles. The maximum atomic E-state index is 8.84. The number of nitrogens with one attached hydrogen (secondary N) is 2. The highest BCUT2D eigenvalue weighted by atomic mass is 16.3. The minimum absolute atomic E-state index is 0.104. The van der Waals surface area contributed by atoms with Gasteiger partial charge < -0.3 is 15.7 Å². The third kappa shape index (κ3) is 4.19. The van der Waals surface area contributed by atoms with Crippen LogP contribution in [0.3, 0.4) is 0 Å². The molecule has 0 saturated heterocycles. The largest absolute Gasteiger partial charge is 0.395 e. The minimum Gasteiger partial charge on any atom is -0.395 e. The van der Waals surface area contributed by atoms with Gasteiger partial charge in [0.05, 0.1) is 6.61 Å². The van der Waals surface area contributed by atoms with Crippen molar-refractivity contribution in [2.75, 3.05) is 30.3 Å². The molecule has 5 heteroatoms. The van der Waals surface area contributed by atoms with Gasteiger partial charge in [0.1, 0.15) is 18.0 Å². The Hall–Kier alpha value is -1.36. The van der Waals surface area contributed by atoms with Crippen LogP contribution in [0, 0.1) is 0 Å². The Morgan fingerprint density at radius 3 is 2.24 bits per heavy atom. The van der Waals surface area contributed by atoms with Crippen molar-refractivity contribution in [2.24, 2.45) is 0 Å². The van der Waals surface area contributed by atoms with Gasteiger partial charge >= 0.3 is 0 Å². The maximum absolute atomic E-state index is 8.84. The smallest absolute Gasteiger partial charge is 0.134 e. The highest BCUT2D eigenvalue weighted by Gasteiger charge is 2.09. The minimum atomic E-state index is 0.104. The first-order chi connectivity index (χ1) is 8.33. The van der Waals surface area contributed by atoms with Crippen LogP contribution in [0.2, 0.25) is 0 Å². The van der Waals surface area contributed by atoms with Gasteiger partial charge in [0.15, 0.2) is 0 Å². The molecule has 1 aromatic rings. The fourth-order valence-corrected chi connectivity index (χ4v) is 1.62. The van der Waals surface area contributed by atoms with Gasteiger partial charge in [-0.05, 0) is 12.8 Å². The van der Waals surface area contributed by atoms with E-state index in [0.29, 0.717) is 6.54 Å². The van der Waals surface area contributed by atoms with E-state index in [9.17, 15) is 0 Å². The molecule has 1 heterocycles. The van der Waals surface area contributed by atoms with Crippen molar-refractivity contribution in [1.29, 1.82) is 0 Å². The van der Waals surface area contributed by atoms with Gasteiger partial charge in [0, 0.05) is 18.7 Å². The molecule has 0 radical (unpaired) electrons. The zero-order valence-electron chi connectivity index (χ0n) is 10.7. The summed E-state index contributed by atoms with van der Waals surface area (Å²) >= 11 is 0. The van der Waals surface area contributed by atoms with Crippen LogP contribution in [0.5, 0.6) is 0 Å². The molecule has 0 atom stereocenters. The molecule has 3 N–H and O–H groups in total. The first-order valence-electron chi connectivity index (χ1n) is 6.25. The third-order valence-electron chi connectivity index (χ3n) is 2.39. The molecule has 0 aliphatic carbocycles. The standard InChI is InChI=1S/C12H22N4O/c1-3-5-10-11(13-6-4-2)15-9-16-12(10)14-7-8-17/h9,17H,3-8H2,1-2H3,(H2,13,14,15,16). The maximum Gasteiger partial charge on any atom is 0.134 e. The number of hydrogen-bond donors (Lipinski definition) is 3. The van der Waals surface area contributed by atoms with Gasteiger partial charge in [-0.3, -0.25) is 0 Å². The lowest BCUT2D eigenvalue weighted by Gasteiger charge is -2.14. The molecule has 0 fully saturated rings. The second-order valence-electron chi connectivity index (χ2n) is 3.88. The number of nitrogens with zero attached hydrogens (tertiary/aromatic N) is 2. The summed E-state index contributed by atoms with van der Waals surface area (Å²) in [7, 11) is 0. The van der Waals surface area contributed by atoms with E-state index in [1.807, 2.05) is 0 Å². The van der Waals surface area contributed by atoms with Gasteiger partial charge in [-0.15, -0.1) is 0 Å². The van der Waals surface area contributed by atoms with Gasteiger partial charge in [-0.25, -0.2) is 9.97 Å². The molecular formula is C12H22N4O. The van der Waals surface area contributed by atoms with Gasteiger partial charge in [0.2, 0.25) is 0 Å². The van der Waals surface area contributed by atoms with E-state index in [2.05, 4.69) is 34.4 Å². The summed E-state index contributed by atoms with van der Waals surface area (Å²) in [5, 5.41) is 15.3. The fraction of sp³-hybridized carbons (Fsp3) is 0.667. The third-order valence-corrected chi connectivity index (χ3v) is 2.39. The van der Waals surface area contributed by atoms with Crippen molar-refractivity contribution in [3.05, 3.63) is 11.9 Å². The molecule has 96 valence electrons. The van der Waals surface area contributed by atoms with Gasteiger partial charge in [-0.1, -0.05) is 20.3 Å². The highest BCUT2D eigenvalue weighted by Crippen LogP contribution is 2.21. The molecule has 0 aromatic carbocycles. The molecule has 5 nitrogen and oxygen atoms in total. The molecule has 0 amide bonds. The Morgan fingerprint density at radius 1 is 1.06 bits per heavy atom.